The van der Waals surface area contributed by atoms with Crippen molar-refractivity contribution in [3.8, 4) is 0 Å². The normalized spacial score (nSPS) is 53.7. The van der Waals surface area contributed by atoms with Gasteiger partial charge in [0.25, 0.3) is 0 Å². The van der Waals surface area contributed by atoms with Crippen LogP contribution in [0.2, 0.25) is 0 Å². The molecule has 0 aromatic heterocycles. The Labute approximate surface area is 102 Å². The maximum atomic E-state index is 6.13. The molecule has 90 valence electrons. The topological polar surface area (TPSA) is 9.23 Å². The molecule has 3 rings (SSSR count). The monoisotopic (exact) mass is 239 g/mol. The number of hydrogen-bond acceptors (Lipinski definition) is 1. The first-order chi connectivity index (χ1) is 7.52. The van der Waals surface area contributed by atoms with Crippen LogP contribution in [0, 0.1) is 16.7 Å². The Morgan fingerprint density at radius 3 is 2.81 bits per heavy atom. The molecule has 2 heteroatoms. The van der Waals surface area contributed by atoms with E-state index < -0.39 is 0 Å². The van der Waals surface area contributed by atoms with Gasteiger partial charge < -0.3 is 4.74 Å². The zero-order chi connectivity index (χ0) is 11.6. The van der Waals surface area contributed by atoms with Crippen molar-refractivity contribution in [3.05, 3.63) is 12.0 Å². The predicted molar refractivity (Wildman–Crippen MR) is 70.6 cm³/mol. The van der Waals surface area contributed by atoms with Crippen LogP contribution >= 0.6 is 0 Å². The lowest BCUT2D eigenvalue weighted by Crippen LogP contribution is -2.50. The van der Waals surface area contributed by atoms with Gasteiger partial charge >= 0.3 is 0 Å². The summed E-state index contributed by atoms with van der Waals surface area (Å²) in [5, 5.41) is 2.98. The minimum atomic E-state index is 0.396. The van der Waals surface area contributed by atoms with E-state index in [1.807, 2.05) is 0 Å². The lowest BCUT2D eigenvalue weighted by Gasteiger charge is -2.39. The van der Waals surface area contributed by atoms with Crippen molar-refractivity contribution in [2.45, 2.75) is 45.0 Å². The molecule has 2 saturated carbocycles. The fourth-order valence-electron chi connectivity index (χ4n) is 4.52. The van der Waals surface area contributed by atoms with Gasteiger partial charge in [-0.1, -0.05) is 27.4 Å². The van der Waals surface area contributed by atoms with Crippen molar-refractivity contribution in [2.24, 2.45) is 16.7 Å². The Morgan fingerprint density at radius 1 is 1.38 bits per heavy atom. The molecule has 0 amide bonds. The lowest BCUT2D eigenvalue weighted by molar-refractivity contribution is 0.0106. The second kappa shape index (κ2) is 3.29. The summed E-state index contributed by atoms with van der Waals surface area (Å²) in [6.45, 7) is 12.5. The van der Waals surface area contributed by atoms with Crippen molar-refractivity contribution in [3.63, 3.8) is 0 Å². The molecule has 2 bridgehead atoms. The molecule has 0 N–H and O–H groups in total. The molecule has 0 radical (unpaired) electrons. The van der Waals surface area contributed by atoms with Gasteiger partial charge in [-0.25, -0.2) is 0 Å². The van der Waals surface area contributed by atoms with Gasteiger partial charge in [0, 0.05) is 16.3 Å². The second-order valence-corrected chi connectivity index (χ2v) is 8.57. The fourth-order valence-corrected chi connectivity index (χ4v) is 7.14. The fraction of sp³-hybridized carbons (Fsp3) is 0.857. The third kappa shape index (κ3) is 1.08. The van der Waals surface area contributed by atoms with Gasteiger partial charge in [-0.3, -0.25) is 0 Å². The van der Waals surface area contributed by atoms with E-state index in [0.717, 1.165) is 17.8 Å². The van der Waals surface area contributed by atoms with Crippen LogP contribution in [0.25, 0.3) is 0 Å². The van der Waals surface area contributed by atoms with E-state index in [1.165, 1.54) is 18.6 Å². The summed E-state index contributed by atoms with van der Waals surface area (Å²) in [6.07, 6.45) is 3.30. The van der Waals surface area contributed by atoms with Gasteiger partial charge in [0.15, 0.2) is 5.25 Å². The van der Waals surface area contributed by atoms with Gasteiger partial charge in [0.2, 0.25) is 0 Å². The standard InChI is InChI=1S/C14H23OS/c1-5-16-9-8-15-11-10-6-7-14(4,12(11)16)13(10,2)3/h5,10-12H,1,6-9H2,2-4H3/q+1/t10-,11-,12-,14+,16?/m1/s1. The molecule has 3 aliphatic rings. The van der Waals surface area contributed by atoms with Crippen molar-refractivity contribution in [1.29, 1.82) is 0 Å². The average molecular weight is 239 g/mol. The highest BCUT2D eigenvalue weighted by molar-refractivity contribution is 8.00. The summed E-state index contributed by atoms with van der Waals surface area (Å²) in [5.41, 5.74) is 0.945. The van der Waals surface area contributed by atoms with Crippen LogP contribution in [0.3, 0.4) is 0 Å². The molecule has 3 fully saturated rings. The molecule has 1 nitrogen and oxygen atoms in total. The van der Waals surface area contributed by atoms with Crippen molar-refractivity contribution >= 4 is 10.9 Å². The molecule has 1 heterocycles. The third-order valence-corrected chi connectivity index (χ3v) is 8.37. The van der Waals surface area contributed by atoms with Crippen LogP contribution in [0.1, 0.15) is 33.6 Å². The van der Waals surface area contributed by atoms with Crippen LogP contribution < -0.4 is 0 Å². The number of rotatable bonds is 1. The Morgan fingerprint density at radius 2 is 2.12 bits per heavy atom. The van der Waals surface area contributed by atoms with Crippen LogP contribution in [0.4, 0.5) is 0 Å². The smallest absolute Gasteiger partial charge is 0.155 e. The maximum absolute atomic E-state index is 6.13. The molecule has 1 unspecified atom stereocenters. The van der Waals surface area contributed by atoms with Crippen LogP contribution in [0.5, 0.6) is 0 Å². The van der Waals surface area contributed by atoms with Gasteiger partial charge in [-0.05, 0) is 24.2 Å². The molecule has 16 heavy (non-hydrogen) atoms. The summed E-state index contributed by atoms with van der Waals surface area (Å²) in [7, 11) is 0.396. The van der Waals surface area contributed by atoms with E-state index >= 15 is 0 Å². The van der Waals surface area contributed by atoms with Crippen molar-refractivity contribution < 1.29 is 4.74 Å². The molecule has 0 aromatic rings. The lowest BCUT2D eigenvalue weighted by atomic mass is 9.71. The second-order valence-electron chi connectivity index (χ2n) is 6.38. The highest BCUT2D eigenvalue weighted by Gasteiger charge is 2.72. The molecular weight excluding hydrogens is 216 g/mol. The Hall–Kier alpha value is 0.0500. The van der Waals surface area contributed by atoms with E-state index in [4.69, 9.17) is 4.74 Å². The maximum Gasteiger partial charge on any atom is 0.155 e. The minimum absolute atomic E-state index is 0.396. The van der Waals surface area contributed by atoms with Gasteiger partial charge in [-0.2, -0.15) is 0 Å². The van der Waals surface area contributed by atoms with Gasteiger partial charge in [0.05, 0.1) is 6.61 Å². The van der Waals surface area contributed by atoms with E-state index in [9.17, 15) is 0 Å². The SMILES string of the molecule is C=C[S+]1CCO[C@@H]2[C@H]3CC[C@@](C)([C@@H]21)C3(C)C. The average Bonchev–Trinajstić information content (AvgIpc) is 2.59. The molecule has 0 aromatic carbocycles. The third-order valence-electron chi connectivity index (χ3n) is 5.87. The Bertz CT molecular complexity index is 325. The number of fused-ring (bicyclic) bond motifs is 5. The van der Waals surface area contributed by atoms with Crippen LogP contribution in [0.15, 0.2) is 12.0 Å². The van der Waals surface area contributed by atoms with Crippen LogP contribution in [-0.4, -0.2) is 23.7 Å². The zero-order valence-electron chi connectivity index (χ0n) is 10.7. The highest BCUT2D eigenvalue weighted by Crippen LogP contribution is 2.68. The summed E-state index contributed by atoms with van der Waals surface area (Å²) in [6, 6.07) is 0. The summed E-state index contributed by atoms with van der Waals surface area (Å²) in [4.78, 5) is 0. The quantitative estimate of drug-likeness (QED) is 0.639. The molecule has 1 saturated heterocycles. The van der Waals surface area contributed by atoms with E-state index in [1.54, 1.807) is 0 Å². The number of hydrogen-bond donors (Lipinski definition) is 0. The first kappa shape index (κ1) is 11.2. The highest BCUT2D eigenvalue weighted by atomic mass is 32.2. The molecule has 2 aliphatic carbocycles. The van der Waals surface area contributed by atoms with Gasteiger partial charge in [0.1, 0.15) is 17.3 Å². The Balaban J connectivity index is 2.04. The zero-order valence-corrected chi connectivity index (χ0v) is 11.5. The summed E-state index contributed by atoms with van der Waals surface area (Å²) < 4.78 is 6.13. The first-order valence-corrected chi connectivity index (χ1v) is 7.97. The van der Waals surface area contributed by atoms with Crippen molar-refractivity contribution in [1.82, 2.24) is 0 Å². The van der Waals surface area contributed by atoms with E-state index in [2.05, 4.69) is 32.8 Å². The van der Waals surface area contributed by atoms with E-state index in [0.29, 0.717) is 27.8 Å². The first-order valence-electron chi connectivity index (χ1n) is 6.45. The van der Waals surface area contributed by atoms with Crippen LogP contribution in [-0.2, 0) is 15.6 Å². The molecule has 0 spiro atoms. The van der Waals surface area contributed by atoms with Crippen molar-refractivity contribution in [2.75, 3.05) is 12.4 Å². The van der Waals surface area contributed by atoms with E-state index in [-0.39, 0.29) is 0 Å². The minimum Gasteiger partial charge on any atom is -0.368 e. The summed E-state index contributed by atoms with van der Waals surface area (Å²) >= 11 is 0. The van der Waals surface area contributed by atoms with Gasteiger partial charge in [-0.15, -0.1) is 0 Å². The molecule has 1 aliphatic heterocycles. The predicted octanol–water partition coefficient (Wildman–Crippen LogP) is 2.97. The molecule has 5 atom stereocenters. The number of ether oxygens (including phenoxy) is 1. The largest absolute Gasteiger partial charge is 0.368 e. The molecular formula is C14H23OS+. The Kier molecular flexibility index (Phi) is 2.29. The summed E-state index contributed by atoms with van der Waals surface area (Å²) in [5.74, 6) is 2.00.